The van der Waals surface area contributed by atoms with E-state index in [0.717, 1.165) is 31.7 Å². The maximum Gasteiger partial charge on any atom is 0.223 e. The van der Waals surface area contributed by atoms with Crippen LogP contribution in [-0.4, -0.2) is 27.7 Å². The fraction of sp³-hybridized carbons (Fsp3) is 0.706. The van der Waals surface area contributed by atoms with Crippen LogP contribution < -0.4 is 5.43 Å². The molecule has 1 aliphatic rings. The molecule has 1 aliphatic carbocycles. The summed E-state index contributed by atoms with van der Waals surface area (Å²) in [5.41, 5.74) is 0.761. The molecule has 1 aromatic heterocycles. The summed E-state index contributed by atoms with van der Waals surface area (Å²) in [6, 6.07) is 2.02. The van der Waals surface area contributed by atoms with Gasteiger partial charge < -0.3 is 9.67 Å². The van der Waals surface area contributed by atoms with Crippen LogP contribution >= 0.6 is 0 Å². The summed E-state index contributed by atoms with van der Waals surface area (Å²) < 4.78 is 2.17. The number of nitrogens with zero attached hydrogens (tertiary/aromatic N) is 2. The van der Waals surface area contributed by atoms with E-state index in [2.05, 4.69) is 30.2 Å². The second-order valence-electron chi connectivity index (χ2n) is 6.21. The molecule has 2 unspecified atom stereocenters. The quantitative estimate of drug-likeness (QED) is 0.907. The van der Waals surface area contributed by atoms with Gasteiger partial charge in [0.1, 0.15) is 0 Å². The van der Waals surface area contributed by atoms with Crippen molar-refractivity contribution in [3.63, 3.8) is 0 Å². The SMILES string of the molecule is CCN(CC)Cc1cc(=O)c(O)cn1C1CCCCC1C. The number of rotatable bonds is 5. The predicted molar refractivity (Wildman–Crippen MR) is 85.7 cm³/mol. The summed E-state index contributed by atoms with van der Waals surface area (Å²) in [7, 11) is 0. The molecule has 1 N–H and O–H groups in total. The Kier molecular flexibility index (Phi) is 5.45. The lowest BCUT2D eigenvalue weighted by Gasteiger charge is -2.34. The van der Waals surface area contributed by atoms with Gasteiger partial charge in [0.2, 0.25) is 5.43 Å². The Hall–Kier alpha value is -1.29. The zero-order chi connectivity index (χ0) is 15.4. The Balaban J connectivity index is 2.37. The van der Waals surface area contributed by atoms with E-state index in [4.69, 9.17) is 0 Å². The molecule has 0 aliphatic heterocycles. The van der Waals surface area contributed by atoms with E-state index >= 15 is 0 Å². The van der Waals surface area contributed by atoms with Crippen molar-refractivity contribution < 1.29 is 5.11 Å². The van der Waals surface area contributed by atoms with Crippen LogP contribution in [0.15, 0.2) is 17.1 Å². The number of hydrogen-bond donors (Lipinski definition) is 1. The van der Waals surface area contributed by atoms with Crippen molar-refractivity contribution in [2.45, 2.75) is 59.0 Å². The number of hydrogen-bond acceptors (Lipinski definition) is 3. The largest absolute Gasteiger partial charge is 0.503 e. The molecule has 0 amide bonds. The van der Waals surface area contributed by atoms with E-state index in [1.807, 2.05) is 0 Å². The van der Waals surface area contributed by atoms with E-state index in [-0.39, 0.29) is 11.2 Å². The van der Waals surface area contributed by atoms with Gasteiger partial charge >= 0.3 is 0 Å². The molecular weight excluding hydrogens is 264 g/mol. The number of aromatic hydroxyl groups is 1. The third kappa shape index (κ3) is 3.67. The highest BCUT2D eigenvalue weighted by atomic mass is 16.3. The van der Waals surface area contributed by atoms with Crippen molar-refractivity contribution >= 4 is 0 Å². The van der Waals surface area contributed by atoms with E-state index in [1.54, 1.807) is 12.3 Å². The molecule has 2 rings (SSSR count). The van der Waals surface area contributed by atoms with Crippen LogP contribution in [0.3, 0.4) is 0 Å². The molecule has 21 heavy (non-hydrogen) atoms. The minimum absolute atomic E-state index is 0.129. The predicted octanol–water partition coefficient (Wildman–Crippen LogP) is 3.15. The maximum atomic E-state index is 11.8. The van der Waals surface area contributed by atoms with E-state index < -0.39 is 0 Å². The molecular formula is C17H28N2O2. The van der Waals surface area contributed by atoms with Crippen LogP contribution in [0, 0.1) is 5.92 Å². The van der Waals surface area contributed by atoms with Gasteiger partial charge in [-0.2, -0.15) is 0 Å². The standard InChI is InChI=1S/C17H28N2O2/c1-4-18(5-2)11-14-10-16(20)17(21)12-19(14)15-9-7-6-8-13(15)3/h10,12-13,15,21H,4-9,11H2,1-3H3. The average Bonchev–Trinajstić information content (AvgIpc) is 2.48. The highest BCUT2D eigenvalue weighted by molar-refractivity contribution is 5.21. The zero-order valence-corrected chi connectivity index (χ0v) is 13.5. The van der Waals surface area contributed by atoms with Crippen LogP contribution in [0.1, 0.15) is 58.2 Å². The average molecular weight is 292 g/mol. The third-order valence-corrected chi connectivity index (χ3v) is 4.85. The number of pyridine rings is 1. The lowest BCUT2D eigenvalue weighted by Crippen LogP contribution is -2.29. The second-order valence-corrected chi connectivity index (χ2v) is 6.21. The summed E-state index contributed by atoms with van der Waals surface area (Å²) >= 11 is 0. The summed E-state index contributed by atoms with van der Waals surface area (Å²) in [6.07, 6.45) is 6.53. The molecule has 1 saturated carbocycles. The lowest BCUT2D eigenvalue weighted by molar-refractivity contribution is 0.232. The second kappa shape index (κ2) is 7.12. The molecule has 4 heteroatoms. The van der Waals surface area contributed by atoms with Gasteiger partial charge in [-0.3, -0.25) is 9.69 Å². The van der Waals surface area contributed by atoms with Gasteiger partial charge in [0.15, 0.2) is 5.75 Å². The lowest BCUT2D eigenvalue weighted by atomic mass is 9.85. The Labute approximate surface area is 127 Å². The van der Waals surface area contributed by atoms with Crippen LogP contribution in [0.25, 0.3) is 0 Å². The van der Waals surface area contributed by atoms with E-state index in [9.17, 15) is 9.90 Å². The minimum Gasteiger partial charge on any atom is -0.503 e. The van der Waals surface area contributed by atoms with Crippen molar-refractivity contribution in [1.29, 1.82) is 0 Å². The molecule has 0 saturated heterocycles. The van der Waals surface area contributed by atoms with Crippen LogP contribution in [0.4, 0.5) is 0 Å². The number of aromatic nitrogens is 1. The molecule has 1 fully saturated rings. The summed E-state index contributed by atoms with van der Waals surface area (Å²) in [5, 5.41) is 9.84. The normalized spacial score (nSPS) is 22.7. The van der Waals surface area contributed by atoms with Crippen molar-refractivity contribution in [1.82, 2.24) is 9.47 Å². The Bertz CT molecular complexity index is 520. The Morgan fingerprint density at radius 2 is 1.95 bits per heavy atom. The van der Waals surface area contributed by atoms with Crippen molar-refractivity contribution in [3.05, 3.63) is 28.2 Å². The van der Waals surface area contributed by atoms with Crippen LogP contribution in [-0.2, 0) is 6.54 Å². The molecule has 1 aromatic rings. The topological polar surface area (TPSA) is 45.5 Å². The van der Waals surface area contributed by atoms with Crippen LogP contribution in [0.5, 0.6) is 5.75 Å². The maximum absolute atomic E-state index is 11.8. The first kappa shape index (κ1) is 16.1. The molecule has 4 nitrogen and oxygen atoms in total. The van der Waals surface area contributed by atoms with E-state index in [1.165, 1.54) is 19.3 Å². The molecule has 0 bridgehead atoms. The molecule has 0 aromatic carbocycles. The summed E-state index contributed by atoms with van der Waals surface area (Å²) in [4.78, 5) is 14.1. The summed E-state index contributed by atoms with van der Waals surface area (Å²) in [6.45, 7) is 9.24. The highest BCUT2D eigenvalue weighted by Crippen LogP contribution is 2.34. The van der Waals surface area contributed by atoms with Crippen molar-refractivity contribution in [2.24, 2.45) is 5.92 Å². The first-order valence-corrected chi connectivity index (χ1v) is 8.23. The molecule has 2 atom stereocenters. The van der Waals surface area contributed by atoms with Gasteiger partial charge in [-0.25, -0.2) is 0 Å². The van der Waals surface area contributed by atoms with Gasteiger partial charge in [0.05, 0.1) is 6.20 Å². The van der Waals surface area contributed by atoms with Gasteiger partial charge in [0, 0.05) is 24.3 Å². The Morgan fingerprint density at radius 1 is 1.29 bits per heavy atom. The third-order valence-electron chi connectivity index (χ3n) is 4.85. The first-order chi connectivity index (χ1) is 10.1. The van der Waals surface area contributed by atoms with Gasteiger partial charge in [0.25, 0.3) is 0 Å². The van der Waals surface area contributed by atoms with Gasteiger partial charge in [-0.15, -0.1) is 0 Å². The first-order valence-electron chi connectivity index (χ1n) is 8.23. The molecule has 0 radical (unpaired) electrons. The fourth-order valence-corrected chi connectivity index (χ4v) is 3.40. The zero-order valence-electron chi connectivity index (χ0n) is 13.5. The minimum atomic E-state index is -0.267. The monoisotopic (exact) mass is 292 g/mol. The van der Waals surface area contributed by atoms with Gasteiger partial charge in [-0.1, -0.05) is 33.6 Å². The van der Waals surface area contributed by atoms with Crippen LogP contribution in [0.2, 0.25) is 0 Å². The molecule has 0 spiro atoms. The highest BCUT2D eigenvalue weighted by Gasteiger charge is 2.24. The van der Waals surface area contributed by atoms with Gasteiger partial charge in [-0.05, 0) is 31.8 Å². The summed E-state index contributed by atoms with van der Waals surface area (Å²) in [5.74, 6) is 0.465. The molecule has 118 valence electrons. The Morgan fingerprint density at radius 3 is 2.57 bits per heavy atom. The fourth-order valence-electron chi connectivity index (χ4n) is 3.40. The smallest absolute Gasteiger partial charge is 0.223 e. The van der Waals surface area contributed by atoms with Crippen molar-refractivity contribution in [2.75, 3.05) is 13.1 Å². The van der Waals surface area contributed by atoms with E-state index in [0.29, 0.717) is 12.0 Å². The van der Waals surface area contributed by atoms with Crippen molar-refractivity contribution in [3.8, 4) is 5.75 Å². The molecule has 1 heterocycles.